The number of benzene rings is 3. The van der Waals surface area contributed by atoms with Gasteiger partial charge in [0.2, 0.25) is 0 Å². The van der Waals surface area contributed by atoms with Crippen LogP contribution < -0.4 is 10.1 Å². The summed E-state index contributed by atoms with van der Waals surface area (Å²) in [5.74, 6) is 0.264. The van der Waals surface area contributed by atoms with Gasteiger partial charge < -0.3 is 15.0 Å². The van der Waals surface area contributed by atoms with Gasteiger partial charge >= 0.3 is 6.18 Å². The zero-order chi connectivity index (χ0) is 29.0. The Kier molecular flexibility index (Phi) is 8.39. The molecular formula is C31H28F3N3O3S. The molecule has 0 bridgehead atoms. The predicted molar refractivity (Wildman–Crippen MR) is 152 cm³/mol. The Hall–Kier alpha value is -4.18. The molecule has 5 rings (SSSR count). The van der Waals surface area contributed by atoms with Gasteiger partial charge in [0.05, 0.1) is 10.6 Å². The number of anilines is 1. The third-order valence-electron chi connectivity index (χ3n) is 6.99. The highest BCUT2D eigenvalue weighted by Gasteiger charge is 2.31. The lowest BCUT2D eigenvalue weighted by Gasteiger charge is -2.32. The van der Waals surface area contributed by atoms with Crippen molar-refractivity contribution in [2.75, 3.05) is 18.4 Å². The fourth-order valence-electron chi connectivity index (χ4n) is 4.83. The number of rotatable bonds is 7. The molecule has 1 atom stereocenters. The van der Waals surface area contributed by atoms with Crippen molar-refractivity contribution in [3.05, 3.63) is 101 Å². The van der Waals surface area contributed by atoms with Crippen LogP contribution in [0.2, 0.25) is 0 Å². The van der Waals surface area contributed by atoms with E-state index < -0.39 is 23.8 Å². The first-order chi connectivity index (χ1) is 19.7. The molecular weight excluding hydrogens is 551 g/mol. The van der Waals surface area contributed by atoms with Gasteiger partial charge in [-0.1, -0.05) is 48.5 Å². The maximum absolute atomic E-state index is 13.2. The van der Waals surface area contributed by atoms with E-state index in [9.17, 15) is 22.8 Å². The van der Waals surface area contributed by atoms with Crippen LogP contribution in [-0.4, -0.2) is 40.9 Å². The second-order valence-corrected chi connectivity index (χ2v) is 10.7. The number of nitrogens with one attached hydrogen (secondary N) is 1. The molecule has 1 aliphatic heterocycles. The summed E-state index contributed by atoms with van der Waals surface area (Å²) in [6.07, 6.45) is -3.63. The van der Waals surface area contributed by atoms with E-state index in [0.717, 1.165) is 30.0 Å². The summed E-state index contributed by atoms with van der Waals surface area (Å²) in [7, 11) is 0. The van der Waals surface area contributed by atoms with Crippen molar-refractivity contribution in [1.82, 2.24) is 9.88 Å². The van der Waals surface area contributed by atoms with E-state index in [4.69, 9.17) is 4.74 Å². The first-order valence-corrected chi connectivity index (χ1v) is 14.1. The van der Waals surface area contributed by atoms with Crippen LogP contribution in [0, 0.1) is 0 Å². The zero-order valence-corrected chi connectivity index (χ0v) is 23.0. The fourth-order valence-corrected chi connectivity index (χ4v) is 5.80. The van der Waals surface area contributed by atoms with Crippen molar-refractivity contribution in [2.24, 2.45) is 0 Å². The maximum atomic E-state index is 13.2. The number of amides is 2. The van der Waals surface area contributed by atoms with E-state index >= 15 is 0 Å². The number of piperidine rings is 1. The first kappa shape index (κ1) is 28.4. The lowest BCUT2D eigenvalue weighted by atomic mass is 9.97. The number of halogens is 3. The molecule has 0 radical (unpaired) electrons. The summed E-state index contributed by atoms with van der Waals surface area (Å²) in [4.78, 5) is 32.3. The van der Waals surface area contributed by atoms with E-state index in [2.05, 4.69) is 10.3 Å². The number of likely N-dealkylation sites (tertiary alicyclic amines) is 1. The molecule has 1 aromatic heterocycles. The molecule has 0 saturated carbocycles. The molecule has 1 unspecified atom stereocenters. The van der Waals surface area contributed by atoms with Crippen molar-refractivity contribution >= 4 is 28.8 Å². The largest absolute Gasteiger partial charge is 0.481 e. The van der Waals surface area contributed by atoms with Crippen LogP contribution in [0.3, 0.4) is 0 Å². The average molecular weight is 580 g/mol. The Morgan fingerprint density at radius 3 is 2.44 bits per heavy atom. The normalized spacial score (nSPS) is 14.9. The summed E-state index contributed by atoms with van der Waals surface area (Å²) < 4.78 is 45.5. The molecule has 10 heteroatoms. The van der Waals surface area contributed by atoms with E-state index in [1.165, 1.54) is 17.4 Å². The summed E-state index contributed by atoms with van der Waals surface area (Å²) in [6.45, 7) is 2.88. The van der Waals surface area contributed by atoms with E-state index in [1.807, 2.05) is 30.3 Å². The van der Waals surface area contributed by atoms with Gasteiger partial charge in [-0.05, 0) is 55.7 Å². The van der Waals surface area contributed by atoms with Crippen LogP contribution in [0.1, 0.15) is 46.7 Å². The number of carbonyl (C=O) groups excluding carboxylic acids is 2. The van der Waals surface area contributed by atoms with Gasteiger partial charge in [0, 0.05) is 35.6 Å². The number of nitrogens with zero attached hydrogens (tertiary/aromatic N) is 2. The average Bonchev–Trinajstić information content (AvgIpc) is 3.48. The van der Waals surface area contributed by atoms with Crippen molar-refractivity contribution in [2.45, 2.75) is 38.0 Å². The van der Waals surface area contributed by atoms with Crippen molar-refractivity contribution in [1.29, 1.82) is 0 Å². The van der Waals surface area contributed by atoms with Crippen LogP contribution in [-0.2, 0) is 11.0 Å². The number of carbonyl (C=O) groups is 2. The van der Waals surface area contributed by atoms with Crippen LogP contribution in [0.15, 0.2) is 84.2 Å². The topological polar surface area (TPSA) is 71.5 Å². The van der Waals surface area contributed by atoms with Gasteiger partial charge in [0.15, 0.2) is 6.10 Å². The molecule has 1 N–H and O–H groups in total. The minimum atomic E-state index is -4.47. The number of hydrogen-bond acceptors (Lipinski definition) is 5. The molecule has 1 saturated heterocycles. The molecule has 212 valence electrons. The smallest absolute Gasteiger partial charge is 0.416 e. The van der Waals surface area contributed by atoms with Gasteiger partial charge in [-0.2, -0.15) is 13.2 Å². The highest BCUT2D eigenvalue weighted by atomic mass is 32.1. The van der Waals surface area contributed by atoms with E-state index in [0.29, 0.717) is 35.7 Å². The second kappa shape index (κ2) is 12.1. The van der Waals surface area contributed by atoms with Gasteiger partial charge in [-0.3, -0.25) is 9.59 Å². The minimum absolute atomic E-state index is 0.0639. The second-order valence-electron chi connectivity index (χ2n) is 9.82. The summed E-state index contributed by atoms with van der Waals surface area (Å²) in [5.41, 5.74) is 0.702. The van der Waals surface area contributed by atoms with E-state index in [-0.39, 0.29) is 17.5 Å². The lowest BCUT2D eigenvalue weighted by Crippen LogP contribution is -2.44. The predicted octanol–water partition coefficient (Wildman–Crippen LogP) is 7.25. The van der Waals surface area contributed by atoms with Crippen LogP contribution in [0.5, 0.6) is 5.75 Å². The summed E-state index contributed by atoms with van der Waals surface area (Å²) in [5, 5.41) is 5.32. The number of thiazole rings is 1. The number of aromatic nitrogens is 1. The zero-order valence-electron chi connectivity index (χ0n) is 22.2. The molecule has 6 nitrogen and oxygen atoms in total. The molecule has 1 aliphatic rings. The standard InChI is InChI=1S/C31H28F3N3O3S/c1-20(40-24-10-3-2-4-11-24)30(39)37-16-14-21(15-17-37)29-36-27(19-41-29)28(38)35-26-13-6-5-12-25(26)22-8-7-9-23(18-22)31(32,33)34/h2-13,18-21H,14-17H2,1H3,(H,35,38). The Morgan fingerprint density at radius 2 is 1.71 bits per heavy atom. The third-order valence-corrected chi connectivity index (χ3v) is 8.00. The highest BCUT2D eigenvalue weighted by Crippen LogP contribution is 2.35. The quantitative estimate of drug-likeness (QED) is 0.250. The van der Waals surface area contributed by atoms with Crippen molar-refractivity contribution < 1.29 is 27.5 Å². The fraction of sp³-hybridized carbons (Fsp3) is 0.258. The Balaban J connectivity index is 1.20. The van der Waals surface area contributed by atoms with Crippen molar-refractivity contribution in [3.8, 4) is 16.9 Å². The highest BCUT2D eigenvalue weighted by molar-refractivity contribution is 7.10. The monoisotopic (exact) mass is 579 g/mol. The van der Waals surface area contributed by atoms with Gasteiger partial charge in [0.25, 0.3) is 11.8 Å². The van der Waals surface area contributed by atoms with Crippen LogP contribution in [0.4, 0.5) is 18.9 Å². The first-order valence-electron chi connectivity index (χ1n) is 13.2. The van der Waals surface area contributed by atoms with Crippen molar-refractivity contribution in [3.63, 3.8) is 0 Å². The van der Waals surface area contributed by atoms with Gasteiger partial charge in [0.1, 0.15) is 11.4 Å². The lowest BCUT2D eigenvalue weighted by molar-refractivity contribution is -0.139. The molecule has 3 aromatic carbocycles. The Labute approximate surface area is 239 Å². The summed E-state index contributed by atoms with van der Waals surface area (Å²) >= 11 is 1.39. The molecule has 4 aromatic rings. The van der Waals surface area contributed by atoms with Gasteiger partial charge in [-0.15, -0.1) is 11.3 Å². The molecule has 2 amide bonds. The van der Waals surface area contributed by atoms with E-state index in [1.54, 1.807) is 47.5 Å². The summed E-state index contributed by atoms with van der Waals surface area (Å²) in [6, 6.07) is 21.0. The van der Waals surface area contributed by atoms with Crippen LogP contribution >= 0.6 is 11.3 Å². The maximum Gasteiger partial charge on any atom is 0.416 e. The Bertz CT molecular complexity index is 1520. The molecule has 0 spiro atoms. The number of hydrogen-bond donors (Lipinski definition) is 1. The number of para-hydroxylation sites is 2. The minimum Gasteiger partial charge on any atom is -0.481 e. The Morgan fingerprint density at radius 1 is 1.00 bits per heavy atom. The van der Waals surface area contributed by atoms with Gasteiger partial charge in [-0.25, -0.2) is 4.98 Å². The number of alkyl halides is 3. The molecule has 41 heavy (non-hydrogen) atoms. The molecule has 1 fully saturated rings. The SMILES string of the molecule is CC(Oc1ccccc1)C(=O)N1CCC(c2nc(C(=O)Nc3ccccc3-c3cccc(C(F)(F)F)c3)cs2)CC1. The number of ether oxygens (including phenoxy) is 1. The third kappa shape index (κ3) is 6.77. The molecule has 0 aliphatic carbocycles. The van der Waals surface area contributed by atoms with Crippen LogP contribution in [0.25, 0.3) is 11.1 Å². The molecule has 2 heterocycles.